The van der Waals surface area contributed by atoms with Gasteiger partial charge in [0.05, 0.1) is 11.9 Å². The number of pyridine rings is 2. The van der Waals surface area contributed by atoms with Crippen molar-refractivity contribution in [1.29, 1.82) is 0 Å². The van der Waals surface area contributed by atoms with Crippen LogP contribution < -0.4 is 16.4 Å². The number of hydrogen-bond donors (Lipinski definition) is 2. The molecule has 0 fully saturated rings. The molecule has 10 heteroatoms. The highest BCUT2D eigenvalue weighted by molar-refractivity contribution is 6.29. The standard InChI is InChI=1S/C24H24ClN7O2/c1-12-9-15(13(2)27-18-5-6-19(25)29-21(18)22-28-14(3)34-30-22)20-16(10-12)24(33)31-7-4-8-32-23(31)17(20)11-26-32/h5-6,9-11,13-14,27H,4,7-8H2,1-3H3,(H,28,30). The predicted octanol–water partition coefficient (Wildman–Crippen LogP) is 3.91. The summed E-state index contributed by atoms with van der Waals surface area (Å²) in [4.78, 5) is 27.8. The number of amidine groups is 1. The smallest absolute Gasteiger partial charge is 0.260 e. The van der Waals surface area contributed by atoms with Crippen molar-refractivity contribution in [3.63, 3.8) is 0 Å². The second-order valence-electron chi connectivity index (χ2n) is 8.89. The molecule has 0 saturated heterocycles. The van der Waals surface area contributed by atoms with Gasteiger partial charge in [-0.3, -0.25) is 9.36 Å². The highest BCUT2D eigenvalue weighted by atomic mass is 35.5. The normalized spacial score (nSPS) is 18.2. The van der Waals surface area contributed by atoms with E-state index in [1.165, 1.54) is 0 Å². The summed E-state index contributed by atoms with van der Waals surface area (Å²) < 4.78 is 3.80. The SMILES string of the molecule is Cc1cc(C(C)Nc2ccc(Cl)nc2C2=NC(C)ON2)c2c(c1)c(=O)n1c3c2cnn3CCC1. The summed E-state index contributed by atoms with van der Waals surface area (Å²) in [6, 6.07) is 7.58. The number of nitrogens with one attached hydrogen (secondary N) is 2. The van der Waals surface area contributed by atoms with E-state index in [-0.39, 0.29) is 17.8 Å². The van der Waals surface area contributed by atoms with Crippen LogP contribution in [0.3, 0.4) is 0 Å². The van der Waals surface area contributed by atoms with Crippen LogP contribution in [0, 0.1) is 6.92 Å². The van der Waals surface area contributed by atoms with Crippen molar-refractivity contribution in [3.8, 4) is 0 Å². The quantitative estimate of drug-likeness (QED) is 0.432. The molecule has 2 aliphatic heterocycles. The maximum absolute atomic E-state index is 13.5. The topological polar surface area (TPSA) is 98.4 Å². The molecule has 34 heavy (non-hydrogen) atoms. The molecule has 0 aliphatic carbocycles. The van der Waals surface area contributed by atoms with Gasteiger partial charge in [-0.2, -0.15) is 5.10 Å². The van der Waals surface area contributed by atoms with E-state index in [1.54, 1.807) is 6.07 Å². The third-order valence-electron chi connectivity index (χ3n) is 6.44. The molecule has 0 radical (unpaired) electrons. The molecule has 174 valence electrons. The fraction of sp³-hybridized carbons (Fsp3) is 0.333. The lowest BCUT2D eigenvalue weighted by Gasteiger charge is -2.22. The van der Waals surface area contributed by atoms with E-state index in [0.29, 0.717) is 23.2 Å². The second-order valence-corrected chi connectivity index (χ2v) is 9.27. The molecule has 9 nitrogen and oxygen atoms in total. The molecular formula is C24H24ClN7O2. The molecule has 5 heterocycles. The van der Waals surface area contributed by atoms with Gasteiger partial charge in [-0.15, -0.1) is 0 Å². The summed E-state index contributed by atoms with van der Waals surface area (Å²) in [5, 5.41) is 11.2. The zero-order valence-corrected chi connectivity index (χ0v) is 19.8. The lowest BCUT2D eigenvalue weighted by Crippen LogP contribution is -2.27. The summed E-state index contributed by atoms with van der Waals surface area (Å²) in [5.41, 5.74) is 7.15. The van der Waals surface area contributed by atoms with Gasteiger partial charge in [-0.05, 0) is 56.5 Å². The van der Waals surface area contributed by atoms with Crippen LogP contribution in [0.5, 0.6) is 0 Å². The van der Waals surface area contributed by atoms with Crippen molar-refractivity contribution in [1.82, 2.24) is 24.8 Å². The molecule has 0 bridgehead atoms. The minimum atomic E-state index is -0.313. The average molecular weight is 478 g/mol. The molecule has 0 saturated carbocycles. The van der Waals surface area contributed by atoms with E-state index in [2.05, 4.69) is 38.9 Å². The first-order valence-corrected chi connectivity index (χ1v) is 11.7. The van der Waals surface area contributed by atoms with Gasteiger partial charge in [0.1, 0.15) is 16.5 Å². The van der Waals surface area contributed by atoms with Crippen molar-refractivity contribution in [3.05, 3.63) is 62.8 Å². The number of benzene rings is 1. The van der Waals surface area contributed by atoms with Gasteiger partial charge in [-0.1, -0.05) is 17.7 Å². The van der Waals surface area contributed by atoms with Crippen LogP contribution in [0.25, 0.3) is 21.8 Å². The van der Waals surface area contributed by atoms with Crippen molar-refractivity contribution in [2.75, 3.05) is 5.32 Å². The summed E-state index contributed by atoms with van der Waals surface area (Å²) >= 11 is 6.19. The molecule has 2 atom stereocenters. The van der Waals surface area contributed by atoms with Crippen LogP contribution in [0.1, 0.15) is 43.1 Å². The second kappa shape index (κ2) is 7.82. The number of aliphatic imine (C=N–C) groups is 1. The number of fused-ring (bicyclic) bond motifs is 2. The van der Waals surface area contributed by atoms with Crippen LogP contribution in [0.15, 0.2) is 40.2 Å². The van der Waals surface area contributed by atoms with Crippen LogP contribution in [-0.4, -0.2) is 31.4 Å². The number of nitrogens with zero attached hydrogens (tertiary/aromatic N) is 5. The lowest BCUT2D eigenvalue weighted by molar-refractivity contribution is 0.0503. The average Bonchev–Trinajstić information content (AvgIpc) is 3.45. The maximum atomic E-state index is 13.5. The third kappa shape index (κ3) is 3.26. The fourth-order valence-corrected chi connectivity index (χ4v) is 5.13. The van der Waals surface area contributed by atoms with E-state index in [0.717, 1.165) is 51.6 Å². The molecule has 0 spiro atoms. The van der Waals surface area contributed by atoms with Crippen LogP contribution in [0.4, 0.5) is 5.69 Å². The van der Waals surface area contributed by atoms with Crippen molar-refractivity contribution in [2.45, 2.75) is 52.6 Å². The minimum absolute atomic E-state index is 0.0330. The molecule has 6 rings (SSSR count). The third-order valence-corrected chi connectivity index (χ3v) is 6.65. The Morgan fingerprint density at radius 1 is 1.26 bits per heavy atom. The van der Waals surface area contributed by atoms with Crippen molar-refractivity contribution < 1.29 is 4.84 Å². The van der Waals surface area contributed by atoms with Crippen LogP contribution in [-0.2, 0) is 17.9 Å². The van der Waals surface area contributed by atoms with E-state index in [4.69, 9.17) is 16.4 Å². The van der Waals surface area contributed by atoms with Gasteiger partial charge < -0.3 is 5.32 Å². The summed E-state index contributed by atoms with van der Waals surface area (Å²) in [5.74, 6) is 0.521. The van der Waals surface area contributed by atoms with E-state index >= 15 is 0 Å². The maximum Gasteiger partial charge on any atom is 0.260 e. The first kappa shape index (κ1) is 21.1. The van der Waals surface area contributed by atoms with Gasteiger partial charge in [0.2, 0.25) is 0 Å². The fourth-order valence-electron chi connectivity index (χ4n) is 4.98. The molecule has 4 aromatic rings. The Morgan fingerprint density at radius 3 is 2.91 bits per heavy atom. The number of hydrogen-bond acceptors (Lipinski definition) is 7. The molecule has 2 aliphatic rings. The lowest BCUT2D eigenvalue weighted by atomic mass is 9.95. The Labute approximate surface area is 200 Å². The Bertz CT molecular complexity index is 1550. The Morgan fingerprint density at radius 2 is 2.12 bits per heavy atom. The number of halogens is 1. The van der Waals surface area contributed by atoms with E-state index in [9.17, 15) is 4.79 Å². The van der Waals surface area contributed by atoms with Crippen molar-refractivity contribution >= 4 is 44.9 Å². The first-order valence-electron chi connectivity index (χ1n) is 11.4. The van der Waals surface area contributed by atoms with Gasteiger partial charge in [0.25, 0.3) is 5.56 Å². The van der Waals surface area contributed by atoms with Gasteiger partial charge >= 0.3 is 0 Å². The molecule has 1 aromatic carbocycles. The Hall–Kier alpha value is -3.43. The number of anilines is 1. The van der Waals surface area contributed by atoms with E-state index < -0.39 is 0 Å². The summed E-state index contributed by atoms with van der Waals surface area (Å²) in [6.45, 7) is 7.46. The molecular weight excluding hydrogens is 454 g/mol. The minimum Gasteiger partial charge on any atom is -0.377 e. The number of aryl methyl sites for hydroxylation is 3. The largest absolute Gasteiger partial charge is 0.377 e. The molecule has 3 aromatic heterocycles. The molecule has 2 N–H and O–H groups in total. The summed E-state index contributed by atoms with van der Waals surface area (Å²) in [7, 11) is 0. The number of aromatic nitrogens is 4. The van der Waals surface area contributed by atoms with Crippen LogP contribution >= 0.6 is 11.6 Å². The number of hydroxylamine groups is 1. The zero-order chi connectivity index (χ0) is 23.6. The first-order chi connectivity index (χ1) is 16.4. The van der Waals surface area contributed by atoms with Gasteiger partial charge in [-0.25, -0.2) is 25.0 Å². The highest BCUT2D eigenvalue weighted by Gasteiger charge is 2.24. The Kier molecular flexibility index (Phi) is 4.86. The van der Waals surface area contributed by atoms with Crippen molar-refractivity contribution in [2.24, 2.45) is 4.99 Å². The van der Waals surface area contributed by atoms with Gasteiger partial charge in [0, 0.05) is 35.3 Å². The monoisotopic (exact) mass is 477 g/mol. The highest BCUT2D eigenvalue weighted by Crippen LogP contribution is 2.34. The predicted molar refractivity (Wildman–Crippen MR) is 132 cm³/mol. The van der Waals surface area contributed by atoms with E-state index in [1.807, 2.05) is 41.4 Å². The number of rotatable bonds is 4. The zero-order valence-electron chi connectivity index (χ0n) is 19.1. The Balaban J connectivity index is 1.51. The molecule has 2 unspecified atom stereocenters. The summed E-state index contributed by atoms with van der Waals surface area (Å²) in [6.07, 6.45) is 2.47. The van der Waals surface area contributed by atoms with Crippen LogP contribution in [0.2, 0.25) is 5.15 Å². The van der Waals surface area contributed by atoms with Gasteiger partial charge in [0.15, 0.2) is 12.1 Å². The molecule has 0 amide bonds.